The van der Waals surface area contributed by atoms with Crippen molar-refractivity contribution in [2.45, 2.75) is 322 Å². The Morgan fingerprint density at radius 2 is 0.481 bits per heavy atom. The number of ether oxygens (including phenoxy) is 3. The first-order chi connectivity index (χ1) is 40.0. The van der Waals surface area contributed by atoms with Crippen LogP contribution in [0.2, 0.25) is 0 Å². The summed E-state index contributed by atoms with van der Waals surface area (Å²) in [4.78, 5) is 38.4. The van der Waals surface area contributed by atoms with Crippen molar-refractivity contribution < 1.29 is 28.6 Å². The van der Waals surface area contributed by atoms with Gasteiger partial charge in [-0.3, -0.25) is 14.4 Å². The molecule has 0 spiro atoms. The number of unbranched alkanes of at least 4 members (excludes halogenated alkanes) is 30. The van der Waals surface area contributed by atoms with Crippen molar-refractivity contribution in [3.63, 3.8) is 0 Å². The molecule has 0 aromatic carbocycles. The van der Waals surface area contributed by atoms with E-state index in [1.807, 2.05) is 0 Å². The Labute approximate surface area is 501 Å². The van der Waals surface area contributed by atoms with Crippen LogP contribution in [0.1, 0.15) is 316 Å². The Bertz CT molecular complexity index is 1670. The number of allylic oxidation sites excluding steroid dienone is 20. The Kier molecular flexibility index (Phi) is 64.8. The molecular formula is C75H126O6. The first kappa shape index (κ1) is 76.8. The minimum Gasteiger partial charge on any atom is -0.462 e. The normalized spacial score (nSPS) is 12.9. The van der Waals surface area contributed by atoms with Crippen molar-refractivity contribution in [3.05, 3.63) is 122 Å². The molecule has 6 heteroatoms. The van der Waals surface area contributed by atoms with Crippen LogP contribution in [0.4, 0.5) is 0 Å². The van der Waals surface area contributed by atoms with Gasteiger partial charge in [-0.05, 0) is 135 Å². The van der Waals surface area contributed by atoms with E-state index in [2.05, 4.69) is 142 Å². The summed E-state index contributed by atoms with van der Waals surface area (Å²) in [6, 6.07) is 0. The van der Waals surface area contributed by atoms with E-state index in [0.29, 0.717) is 19.3 Å². The summed E-state index contributed by atoms with van der Waals surface area (Å²) in [6.45, 7) is 6.51. The number of hydrogen-bond acceptors (Lipinski definition) is 6. The predicted molar refractivity (Wildman–Crippen MR) is 353 cm³/mol. The Hall–Kier alpha value is -4.19. The van der Waals surface area contributed by atoms with Crippen LogP contribution < -0.4 is 0 Å². The van der Waals surface area contributed by atoms with Crippen molar-refractivity contribution in [1.29, 1.82) is 0 Å². The van der Waals surface area contributed by atoms with Gasteiger partial charge in [-0.15, -0.1) is 0 Å². The summed E-state index contributed by atoms with van der Waals surface area (Å²) in [5.41, 5.74) is 0. The van der Waals surface area contributed by atoms with E-state index in [1.165, 1.54) is 148 Å². The zero-order valence-electron chi connectivity index (χ0n) is 53.0. The van der Waals surface area contributed by atoms with E-state index in [-0.39, 0.29) is 31.1 Å². The molecular weight excluding hydrogens is 997 g/mol. The lowest BCUT2D eigenvalue weighted by atomic mass is 10.1. The highest BCUT2D eigenvalue weighted by Gasteiger charge is 2.19. The van der Waals surface area contributed by atoms with Crippen molar-refractivity contribution in [2.24, 2.45) is 0 Å². The van der Waals surface area contributed by atoms with Gasteiger partial charge < -0.3 is 14.2 Å². The summed E-state index contributed by atoms with van der Waals surface area (Å²) in [5.74, 6) is -0.923. The minimum absolute atomic E-state index is 0.0931. The Morgan fingerprint density at radius 3 is 0.765 bits per heavy atom. The molecule has 0 N–H and O–H groups in total. The Balaban J connectivity index is 4.42. The molecule has 0 heterocycles. The third-order valence-corrected chi connectivity index (χ3v) is 14.4. The van der Waals surface area contributed by atoms with Gasteiger partial charge in [0.25, 0.3) is 0 Å². The third-order valence-electron chi connectivity index (χ3n) is 14.4. The zero-order chi connectivity index (χ0) is 58.5. The van der Waals surface area contributed by atoms with E-state index >= 15 is 0 Å². The predicted octanol–water partition coefficient (Wildman–Crippen LogP) is 23.6. The number of carbonyl (C=O) groups is 3. The van der Waals surface area contributed by atoms with Crippen molar-refractivity contribution in [1.82, 2.24) is 0 Å². The monoisotopic (exact) mass is 1120 g/mol. The maximum Gasteiger partial charge on any atom is 0.306 e. The standard InChI is InChI=1S/C75H126O6/c1-4-7-10-13-16-19-22-25-28-31-33-34-35-36-37-38-39-40-41-42-43-45-47-50-53-56-59-62-65-68-74(77)80-71-72(70-79-73(76)67-64-61-58-55-52-49-46-30-27-24-21-18-15-12-9-6-3)81-75(78)69-66-63-60-57-54-51-48-44-32-29-26-23-20-17-14-11-8-5-2/h7,10,16,19,25,28-30,32-34,36-37,39-40,42-43,46-47,50,72H,4-6,8-9,11-15,17-18,20-24,26-27,31,35,38,41,44-45,48-49,51-71H2,1-3H3/b10-7-,19-16-,28-25-,32-29-,34-33-,37-36-,40-39-,43-42-,46-30-,50-47-. The second-order valence-corrected chi connectivity index (χ2v) is 22.3. The largest absolute Gasteiger partial charge is 0.462 e. The topological polar surface area (TPSA) is 78.9 Å². The maximum atomic E-state index is 12.9. The average Bonchev–Trinajstić information content (AvgIpc) is 3.47. The molecule has 0 aliphatic heterocycles. The highest BCUT2D eigenvalue weighted by molar-refractivity contribution is 5.71. The molecule has 1 unspecified atom stereocenters. The first-order valence-corrected chi connectivity index (χ1v) is 34.0. The van der Waals surface area contributed by atoms with E-state index in [0.717, 1.165) is 128 Å². The smallest absolute Gasteiger partial charge is 0.306 e. The second-order valence-electron chi connectivity index (χ2n) is 22.3. The van der Waals surface area contributed by atoms with Crippen LogP contribution in [-0.4, -0.2) is 37.2 Å². The molecule has 6 nitrogen and oxygen atoms in total. The zero-order valence-corrected chi connectivity index (χ0v) is 53.0. The third kappa shape index (κ3) is 66.5. The van der Waals surface area contributed by atoms with E-state index in [1.54, 1.807) is 0 Å². The van der Waals surface area contributed by atoms with Gasteiger partial charge in [0.15, 0.2) is 6.10 Å². The lowest BCUT2D eigenvalue weighted by Gasteiger charge is -2.18. The maximum absolute atomic E-state index is 12.9. The molecule has 0 rings (SSSR count). The Morgan fingerprint density at radius 1 is 0.259 bits per heavy atom. The quantitative estimate of drug-likeness (QED) is 0.0261. The van der Waals surface area contributed by atoms with Crippen molar-refractivity contribution in [3.8, 4) is 0 Å². The molecule has 462 valence electrons. The molecule has 0 aliphatic carbocycles. The highest BCUT2D eigenvalue weighted by Crippen LogP contribution is 2.15. The molecule has 0 amide bonds. The molecule has 1 atom stereocenters. The lowest BCUT2D eigenvalue weighted by molar-refractivity contribution is -0.167. The molecule has 0 radical (unpaired) electrons. The number of hydrogen-bond donors (Lipinski definition) is 0. The van der Waals surface area contributed by atoms with E-state index < -0.39 is 6.10 Å². The van der Waals surface area contributed by atoms with Crippen LogP contribution in [0.25, 0.3) is 0 Å². The van der Waals surface area contributed by atoms with Gasteiger partial charge in [0.1, 0.15) is 13.2 Å². The van der Waals surface area contributed by atoms with Crippen LogP contribution >= 0.6 is 0 Å². The lowest BCUT2D eigenvalue weighted by Crippen LogP contribution is -2.30. The minimum atomic E-state index is -0.799. The van der Waals surface area contributed by atoms with Crippen LogP contribution in [0.15, 0.2) is 122 Å². The molecule has 0 saturated heterocycles. The van der Waals surface area contributed by atoms with Gasteiger partial charge in [0.2, 0.25) is 0 Å². The van der Waals surface area contributed by atoms with Crippen LogP contribution in [0.5, 0.6) is 0 Å². The van der Waals surface area contributed by atoms with Gasteiger partial charge in [-0.25, -0.2) is 0 Å². The first-order valence-electron chi connectivity index (χ1n) is 34.0. The van der Waals surface area contributed by atoms with Gasteiger partial charge >= 0.3 is 17.9 Å². The number of esters is 3. The fraction of sp³-hybridized carbons (Fsp3) is 0.693. The van der Waals surface area contributed by atoms with E-state index in [9.17, 15) is 14.4 Å². The summed E-state index contributed by atoms with van der Waals surface area (Å²) in [6.07, 6.45) is 94.9. The second kappa shape index (κ2) is 68.3. The highest BCUT2D eigenvalue weighted by atomic mass is 16.6. The molecule has 81 heavy (non-hydrogen) atoms. The van der Waals surface area contributed by atoms with E-state index in [4.69, 9.17) is 14.2 Å². The SMILES string of the molecule is CC/C=C\C/C=C\C/C=C\C/C=C\C/C=C\C/C=C\C/C=C\C/C=C\CCCCCCC(=O)OCC(COC(=O)CCCCCCC/C=C\CCCCCCCCC)OC(=O)CCCCCCCCC/C=C\CCCCCCCCC. The van der Waals surface area contributed by atoms with Gasteiger partial charge in [0, 0.05) is 19.3 Å². The summed E-state index contributed by atoms with van der Waals surface area (Å²) in [5, 5.41) is 0. The summed E-state index contributed by atoms with van der Waals surface area (Å²) >= 11 is 0. The van der Waals surface area contributed by atoms with Crippen molar-refractivity contribution in [2.75, 3.05) is 13.2 Å². The number of carbonyl (C=O) groups excluding carboxylic acids is 3. The number of rotatable bonds is 61. The molecule has 0 fully saturated rings. The average molecular weight is 1120 g/mol. The van der Waals surface area contributed by atoms with Gasteiger partial charge in [-0.2, -0.15) is 0 Å². The summed E-state index contributed by atoms with van der Waals surface area (Å²) < 4.78 is 16.9. The molecule has 0 aliphatic rings. The van der Waals surface area contributed by atoms with Crippen molar-refractivity contribution >= 4 is 17.9 Å². The fourth-order valence-corrected chi connectivity index (χ4v) is 9.33. The molecule has 0 saturated carbocycles. The van der Waals surface area contributed by atoms with Gasteiger partial charge in [-0.1, -0.05) is 284 Å². The van der Waals surface area contributed by atoms with Gasteiger partial charge in [0.05, 0.1) is 0 Å². The summed E-state index contributed by atoms with van der Waals surface area (Å²) in [7, 11) is 0. The van der Waals surface area contributed by atoms with Crippen LogP contribution in [0, 0.1) is 0 Å². The van der Waals surface area contributed by atoms with Crippen LogP contribution in [-0.2, 0) is 28.6 Å². The molecule has 0 aromatic heterocycles. The molecule has 0 aromatic rings. The van der Waals surface area contributed by atoms with Crippen LogP contribution in [0.3, 0.4) is 0 Å². The molecule has 0 bridgehead atoms. The fourth-order valence-electron chi connectivity index (χ4n) is 9.33.